The van der Waals surface area contributed by atoms with Crippen molar-refractivity contribution >= 4 is 23.8 Å². The molecule has 0 saturated heterocycles. The van der Waals surface area contributed by atoms with Crippen molar-refractivity contribution in [1.82, 2.24) is 30.7 Å². The molecule has 226 valence electrons. The maximum absolute atomic E-state index is 5.06. The van der Waals surface area contributed by atoms with E-state index in [4.69, 9.17) is 20.0 Å². The number of benzene rings is 2. The maximum Gasteiger partial charge on any atom is 0.202 e. The molecule has 2 aromatic rings. The van der Waals surface area contributed by atoms with Crippen LogP contribution in [0.25, 0.3) is 0 Å². The summed E-state index contributed by atoms with van der Waals surface area (Å²) in [7, 11) is 6.08. The first-order valence-electron chi connectivity index (χ1n) is 15.0. The molecule has 0 radical (unpaired) electrons. The van der Waals surface area contributed by atoms with Gasteiger partial charge in [-0.15, -0.1) is 0 Å². The molecule has 10 nitrogen and oxygen atoms in total. The van der Waals surface area contributed by atoms with Gasteiger partial charge in [-0.3, -0.25) is 10.6 Å². The van der Waals surface area contributed by atoms with Crippen molar-refractivity contribution in [3.05, 3.63) is 71.8 Å². The van der Waals surface area contributed by atoms with Crippen LogP contribution in [0.1, 0.15) is 38.8 Å². The van der Waals surface area contributed by atoms with E-state index >= 15 is 0 Å². The van der Waals surface area contributed by atoms with Crippen LogP contribution in [0.3, 0.4) is 0 Å². The minimum absolute atomic E-state index is 0.0313. The van der Waals surface area contributed by atoms with E-state index in [0.29, 0.717) is 12.6 Å². The van der Waals surface area contributed by atoms with E-state index in [2.05, 4.69) is 121 Å². The zero-order chi connectivity index (χ0) is 30.1. The fourth-order valence-electron chi connectivity index (χ4n) is 4.60. The van der Waals surface area contributed by atoms with E-state index in [9.17, 15) is 0 Å². The van der Waals surface area contributed by atoms with Crippen LogP contribution in [0.2, 0.25) is 0 Å². The molecule has 0 bridgehead atoms. The van der Waals surface area contributed by atoms with Gasteiger partial charge in [0.2, 0.25) is 17.9 Å². The van der Waals surface area contributed by atoms with Gasteiger partial charge in [-0.05, 0) is 51.7 Å². The van der Waals surface area contributed by atoms with Crippen LogP contribution in [0.4, 0.5) is 0 Å². The molecule has 4 atom stereocenters. The molecule has 2 aliphatic rings. The largest absolute Gasteiger partial charge is 0.351 e. The van der Waals surface area contributed by atoms with E-state index in [-0.39, 0.29) is 24.2 Å². The molecular formula is C32H48N10. The van der Waals surface area contributed by atoms with Gasteiger partial charge in [0.05, 0.1) is 18.1 Å². The lowest BCUT2D eigenvalue weighted by Crippen LogP contribution is -2.51. The SMILES string of the molecule is CC1N=C(N(C)C)NC(N(CCc2ccccc2)CN=C2NC(N(C)CCc3ccccc3)=NC(C)C(C)N2)=NC1C. The highest BCUT2D eigenvalue weighted by molar-refractivity contribution is 6.00. The van der Waals surface area contributed by atoms with Gasteiger partial charge in [0, 0.05) is 40.3 Å². The smallest absolute Gasteiger partial charge is 0.202 e. The molecule has 2 aromatic carbocycles. The first kappa shape index (κ1) is 30.9. The van der Waals surface area contributed by atoms with Crippen molar-refractivity contribution in [3.8, 4) is 0 Å². The minimum Gasteiger partial charge on any atom is -0.351 e. The number of guanidine groups is 4. The Morgan fingerprint density at radius 1 is 0.667 bits per heavy atom. The molecule has 0 saturated carbocycles. The van der Waals surface area contributed by atoms with E-state index in [1.54, 1.807) is 0 Å². The van der Waals surface area contributed by atoms with Crippen molar-refractivity contribution in [3.63, 3.8) is 0 Å². The van der Waals surface area contributed by atoms with E-state index in [1.165, 1.54) is 11.1 Å². The average molecular weight is 573 g/mol. The van der Waals surface area contributed by atoms with E-state index in [1.807, 2.05) is 19.0 Å². The van der Waals surface area contributed by atoms with Gasteiger partial charge < -0.3 is 20.0 Å². The summed E-state index contributed by atoms with van der Waals surface area (Å²) in [5, 5.41) is 10.5. The molecule has 42 heavy (non-hydrogen) atoms. The van der Waals surface area contributed by atoms with Crippen LogP contribution in [0, 0.1) is 0 Å². The number of nitrogens with zero attached hydrogens (tertiary/aromatic N) is 7. The molecule has 4 rings (SSSR count). The van der Waals surface area contributed by atoms with Gasteiger partial charge in [0.15, 0.2) is 5.96 Å². The highest BCUT2D eigenvalue weighted by atomic mass is 15.4. The van der Waals surface area contributed by atoms with Crippen molar-refractivity contribution in [2.75, 3.05) is 40.9 Å². The highest BCUT2D eigenvalue weighted by Gasteiger charge is 2.24. The first-order valence-corrected chi connectivity index (χ1v) is 15.0. The van der Waals surface area contributed by atoms with Crippen molar-refractivity contribution in [1.29, 1.82) is 0 Å². The Labute approximate surface area is 251 Å². The Kier molecular flexibility index (Phi) is 10.8. The van der Waals surface area contributed by atoms with Crippen LogP contribution in [0.15, 0.2) is 80.6 Å². The second-order valence-electron chi connectivity index (χ2n) is 11.5. The third-order valence-corrected chi connectivity index (χ3v) is 7.79. The molecule has 0 fully saturated rings. The summed E-state index contributed by atoms with van der Waals surface area (Å²) in [6, 6.07) is 21.4. The monoisotopic (exact) mass is 572 g/mol. The van der Waals surface area contributed by atoms with Gasteiger partial charge in [-0.1, -0.05) is 60.7 Å². The summed E-state index contributed by atoms with van der Waals surface area (Å²) in [5.41, 5.74) is 2.58. The van der Waals surface area contributed by atoms with Gasteiger partial charge in [0.1, 0.15) is 6.67 Å². The summed E-state index contributed by atoms with van der Waals surface area (Å²) in [6.45, 7) is 10.5. The van der Waals surface area contributed by atoms with Crippen molar-refractivity contribution in [2.45, 2.75) is 64.7 Å². The summed E-state index contributed by atoms with van der Waals surface area (Å²) in [5.74, 6) is 3.10. The van der Waals surface area contributed by atoms with Crippen LogP contribution < -0.4 is 16.0 Å². The number of rotatable bonds is 8. The number of likely N-dealkylation sites (N-methyl/N-ethyl adjacent to an activating group) is 1. The summed E-state index contributed by atoms with van der Waals surface area (Å²) < 4.78 is 0. The molecule has 0 aromatic heterocycles. The lowest BCUT2D eigenvalue weighted by molar-refractivity contribution is 0.418. The lowest BCUT2D eigenvalue weighted by atomic mass is 10.1. The Balaban J connectivity index is 1.54. The Morgan fingerprint density at radius 3 is 1.81 bits per heavy atom. The quantitative estimate of drug-likeness (QED) is 0.450. The first-order chi connectivity index (χ1) is 20.2. The molecule has 2 aliphatic heterocycles. The second-order valence-corrected chi connectivity index (χ2v) is 11.5. The predicted octanol–water partition coefficient (Wildman–Crippen LogP) is 3.00. The predicted molar refractivity (Wildman–Crippen MR) is 175 cm³/mol. The van der Waals surface area contributed by atoms with Crippen molar-refractivity contribution in [2.24, 2.45) is 20.0 Å². The van der Waals surface area contributed by atoms with Crippen molar-refractivity contribution < 1.29 is 0 Å². The molecule has 3 N–H and O–H groups in total. The van der Waals surface area contributed by atoms with Crippen LogP contribution in [0.5, 0.6) is 0 Å². The number of hydrogen-bond acceptors (Lipinski definition) is 8. The van der Waals surface area contributed by atoms with Gasteiger partial charge in [-0.2, -0.15) is 0 Å². The number of aliphatic imine (C=N–C) groups is 4. The molecule has 10 heteroatoms. The number of hydrogen-bond donors (Lipinski definition) is 3. The zero-order valence-electron chi connectivity index (χ0n) is 26.2. The fraction of sp³-hybridized carbons (Fsp3) is 0.500. The van der Waals surface area contributed by atoms with Crippen LogP contribution in [-0.2, 0) is 12.8 Å². The molecule has 0 spiro atoms. The standard InChI is InChI=1S/C32H48N10/c1-23-24(2)36-31(41(7)20-18-27-14-10-8-11-15-27)38-29(34-23)33-22-42(21-19-28-16-12-9-13-17-28)32-37-26(4)25(3)35-30(39-32)40(5)6/h8-17,23-26H,18-22H2,1-7H3,(H,35,37,39)(H2,33,34,36,38). The topological polar surface area (TPSA) is 95.2 Å². The Bertz CT molecular complexity index is 1250. The Hall–Kier alpha value is -4.08. The van der Waals surface area contributed by atoms with E-state index < -0.39 is 0 Å². The fourth-order valence-corrected chi connectivity index (χ4v) is 4.60. The maximum atomic E-state index is 5.06. The number of nitrogens with one attached hydrogen (secondary N) is 3. The molecule has 0 aliphatic carbocycles. The minimum atomic E-state index is 0.0313. The normalized spacial score (nSPS) is 23.2. The van der Waals surface area contributed by atoms with Crippen LogP contribution in [-0.4, -0.2) is 104 Å². The van der Waals surface area contributed by atoms with Gasteiger partial charge in [0.25, 0.3) is 0 Å². The average Bonchev–Trinajstić information content (AvgIpc) is 3.23. The van der Waals surface area contributed by atoms with Crippen LogP contribution >= 0.6 is 0 Å². The molecular weight excluding hydrogens is 524 g/mol. The zero-order valence-corrected chi connectivity index (χ0v) is 26.2. The summed E-state index contributed by atoms with van der Waals surface area (Å²) in [6.07, 6.45) is 1.81. The van der Waals surface area contributed by atoms with E-state index in [0.717, 1.165) is 43.8 Å². The van der Waals surface area contributed by atoms with Gasteiger partial charge >= 0.3 is 0 Å². The second kappa shape index (κ2) is 14.7. The molecule has 4 unspecified atom stereocenters. The lowest BCUT2D eigenvalue weighted by Gasteiger charge is -2.27. The third-order valence-electron chi connectivity index (χ3n) is 7.79. The Morgan fingerprint density at radius 2 is 1.21 bits per heavy atom. The van der Waals surface area contributed by atoms with Gasteiger partial charge in [-0.25, -0.2) is 20.0 Å². The highest BCUT2D eigenvalue weighted by Crippen LogP contribution is 2.11. The third kappa shape index (κ3) is 8.71. The summed E-state index contributed by atoms with van der Waals surface area (Å²) in [4.78, 5) is 26.3. The molecule has 2 heterocycles. The summed E-state index contributed by atoms with van der Waals surface area (Å²) >= 11 is 0. The molecule has 0 amide bonds.